The first kappa shape index (κ1) is 21.7. The Morgan fingerprint density at radius 3 is 2.74 bits per heavy atom. The Morgan fingerprint density at radius 1 is 1.11 bits per heavy atom. The molecule has 2 N–H and O–H groups in total. The maximum Gasteiger partial charge on any atom is 0.306 e. The van der Waals surface area contributed by atoms with Crippen molar-refractivity contribution in [2.45, 2.75) is 80.6 Å². The molecule has 3 aliphatic carbocycles. The second-order valence-electron chi connectivity index (χ2n) is 11.3. The lowest BCUT2D eigenvalue weighted by Gasteiger charge is -2.64. The number of esters is 1. The number of aliphatic hydroxyl groups is 1. The molecular weight excluding hydrogens is 442 g/mol. The molecule has 0 aromatic heterocycles. The monoisotopic (exact) mass is 475 g/mol. The van der Waals surface area contributed by atoms with Crippen LogP contribution in [-0.2, 0) is 27.8 Å². The van der Waals surface area contributed by atoms with Crippen molar-refractivity contribution in [2.75, 3.05) is 13.1 Å². The summed E-state index contributed by atoms with van der Waals surface area (Å²) < 4.78 is 12.5. The minimum atomic E-state index is -0.955. The van der Waals surface area contributed by atoms with Crippen LogP contribution >= 0.6 is 0 Å². The molecule has 6 heteroatoms. The molecule has 7 rings (SSSR count). The van der Waals surface area contributed by atoms with Gasteiger partial charge < -0.3 is 19.7 Å². The molecule has 184 valence electrons. The quantitative estimate of drug-likeness (QED) is 0.623. The number of hydrogen-bond donors (Lipinski definition) is 2. The van der Waals surface area contributed by atoms with Crippen LogP contribution in [0.4, 0.5) is 0 Å². The van der Waals surface area contributed by atoms with Gasteiger partial charge in [0.15, 0.2) is 11.5 Å². The number of likely N-dealkylation sites (tertiary alicyclic amines) is 1. The van der Waals surface area contributed by atoms with Gasteiger partial charge in [-0.05, 0) is 74.6 Å². The van der Waals surface area contributed by atoms with Crippen molar-refractivity contribution in [2.24, 2.45) is 5.92 Å². The lowest BCUT2D eigenvalue weighted by molar-refractivity contribution is -0.216. The van der Waals surface area contributed by atoms with Crippen LogP contribution < -0.4 is 4.74 Å². The Morgan fingerprint density at radius 2 is 1.94 bits per heavy atom. The van der Waals surface area contributed by atoms with Crippen molar-refractivity contribution in [1.82, 2.24) is 4.90 Å². The summed E-state index contributed by atoms with van der Waals surface area (Å²) in [6, 6.07) is 13.7. The number of phenolic OH excluding ortho intramolecular Hbond substituents is 1. The normalized spacial score (nSPS) is 34.7. The van der Waals surface area contributed by atoms with Gasteiger partial charge in [0, 0.05) is 24.6 Å². The Balaban J connectivity index is 1.20. The summed E-state index contributed by atoms with van der Waals surface area (Å²) in [6.07, 6.45) is 5.26. The lowest BCUT2D eigenvalue weighted by atomic mass is 9.48. The molecule has 0 amide bonds. The smallest absolute Gasteiger partial charge is 0.306 e. The lowest BCUT2D eigenvalue weighted by Crippen LogP contribution is -2.77. The minimum absolute atomic E-state index is 0.0284. The van der Waals surface area contributed by atoms with E-state index in [1.54, 1.807) is 6.07 Å². The first-order valence-corrected chi connectivity index (χ1v) is 13.2. The van der Waals surface area contributed by atoms with Gasteiger partial charge in [-0.2, -0.15) is 0 Å². The maximum atomic E-state index is 12.9. The summed E-state index contributed by atoms with van der Waals surface area (Å²) in [5.74, 6) is 1.13. The number of aryl methyl sites for hydroxylation is 1. The number of hydrogen-bond acceptors (Lipinski definition) is 6. The number of aromatic hydroxyl groups is 1. The third kappa shape index (κ3) is 3.12. The van der Waals surface area contributed by atoms with E-state index < -0.39 is 23.2 Å². The first-order chi connectivity index (χ1) is 17.0. The van der Waals surface area contributed by atoms with Crippen LogP contribution in [0.15, 0.2) is 42.5 Å². The molecule has 0 radical (unpaired) electrons. The summed E-state index contributed by atoms with van der Waals surface area (Å²) in [5.41, 5.74) is 1.63. The first-order valence-electron chi connectivity index (χ1n) is 13.2. The van der Waals surface area contributed by atoms with E-state index in [4.69, 9.17) is 9.47 Å². The molecule has 5 aliphatic rings. The van der Waals surface area contributed by atoms with Gasteiger partial charge in [-0.3, -0.25) is 9.69 Å². The van der Waals surface area contributed by atoms with Crippen LogP contribution in [0.3, 0.4) is 0 Å². The Kier molecular flexibility index (Phi) is 4.78. The molecular formula is C29H33NO5. The average Bonchev–Trinajstić information content (AvgIpc) is 3.60. The van der Waals surface area contributed by atoms with E-state index in [9.17, 15) is 15.0 Å². The molecule has 2 aromatic rings. The van der Waals surface area contributed by atoms with Gasteiger partial charge in [0.1, 0.15) is 12.2 Å². The topological polar surface area (TPSA) is 79.2 Å². The molecule has 2 aromatic carbocycles. The van der Waals surface area contributed by atoms with Gasteiger partial charge in [-0.15, -0.1) is 0 Å². The molecule has 2 aliphatic heterocycles. The van der Waals surface area contributed by atoms with E-state index in [1.165, 1.54) is 12.8 Å². The Hall–Kier alpha value is -2.57. The molecule has 2 heterocycles. The van der Waals surface area contributed by atoms with Gasteiger partial charge in [0.05, 0.1) is 11.0 Å². The second-order valence-corrected chi connectivity index (χ2v) is 11.3. The van der Waals surface area contributed by atoms with Crippen LogP contribution in [0, 0.1) is 5.92 Å². The number of carbonyl (C=O) groups excluding carboxylic acids is 1. The Bertz CT molecular complexity index is 1160. The average molecular weight is 476 g/mol. The SMILES string of the molecule is O=C(CCc1ccccc1)O[C@H]1CC[C@@]2(O)[C@H]3Cc4ccc(O)c5c4[C@@]2(CCN3CC2CC2)[C@H]1O5. The predicted octanol–water partition coefficient (Wildman–Crippen LogP) is 3.50. The summed E-state index contributed by atoms with van der Waals surface area (Å²) in [7, 11) is 0. The molecule has 5 atom stereocenters. The van der Waals surface area contributed by atoms with Crippen molar-refractivity contribution in [3.05, 3.63) is 59.2 Å². The van der Waals surface area contributed by atoms with E-state index >= 15 is 0 Å². The Labute approximate surface area is 205 Å². The zero-order valence-electron chi connectivity index (χ0n) is 20.0. The third-order valence-corrected chi connectivity index (χ3v) is 9.45. The highest BCUT2D eigenvalue weighted by Crippen LogP contribution is 2.65. The second kappa shape index (κ2) is 7.71. The summed E-state index contributed by atoms with van der Waals surface area (Å²) in [6.45, 7) is 1.94. The van der Waals surface area contributed by atoms with Crippen LogP contribution in [0.1, 0.15) is 55.2 Å². The number of nitrogens with zero attached hydrogens (tertiary/aromatic N) is 1. The van der Waals surface area contributed by atoms with Gasteiger partial charge in [-0.25, -0.2) is 0 Å². The van der Waals surface area contributed by atoms with Gasteiger partial charge in [-0.1, -0.05) is 36.4 Å². The zero-order chi connectivity index (χ0) is 23.8. The highest BCUT2D eigenvalue weighted by molar-refractivity contribution is 5.70. The fraction of sp³-hybridized carbons (Fsp3) is 0.552. The fourth-order valence-corrected chi connectivity index (χ4v) is 7.68. The third-order valence-electron chi connectivity index (χ3n) is 9.45. The summed E-state index contributed by atoms with van der Waals surface area (Å²) in [4.78, 5) is 15.4. The summed E-state index contributed by atoms with van der Waals surface area (Å²) >= 11 is 0. The molecule has 35 heavy (non-hydrogen) atoms. The largest absolute Gasteiger partial charge is 0.504 e. The van der Waals surface area contributed by atoms with E-state index in [-0.39, 0.29) is 17.8 Å². The van der Waals surface area contributed by atoms with Gasteiger partial charge >= 0.3 is 5.97 Å². The molecule has 3 fully saturated rings. The number of benzene rings is 2. The minimum Gasteiger partial charge on any atom is -0.504 e. The van der Waals surface area contributed by atoms with E-state index in [1.807, 2.05) is 36.4 Å². The van der Waals surface area contributed by atoms with Crippen molar-refractivity contribution in [1.29, 1.82) is 0 Å². The highest BCUT2D eigenvalue weighted by atomic mass is 16.6. The van der Waals surface area contributed by atoms with E-state index in [0.29, 0.717) is 31.4 Å². The van der Waals surface area contributed by atoms with Crippen LogP contribution in [0.5, 0.6) is 11.5 Å². The molecule has 2 saturated carbocycles. The molecule has 1 spiro atoms. The summed E-state index contributed by atoms with van der Waals surface area (Å²) in [5, 5.41) is 23.2. The fourth-order valence-electron chi connectivity index (χ4n) is 7.68. The van der Waals surface area contributed by atoms with Crippen LogP contribution in [-0.4, -0.2) is 58.0 Å². The van der Waals surface area contributed by atoms with Crippen molar-refractivity contribution in [3.8, 4) is 11.5 Å². The number of ether oxygens (including phenoxy) is 2. The number of carbonyl (C=O) groups is 1. The van der Waals surface area contributed by atoms with Gasteiger partial charge in [0.2, 0.25) is 0 Å². The van der Waals surface area contributed by atoms with Crippen LogP contribution in [0.2, 0.25) is 0 Å². The predicted molar refractivity (Wildman–Crippen MR) is 129 cm³/mol. The van der Waals surface area contributed by atoms with Crippen LogP contribution in [0.25, 0.3) is 0 Å². The number of rotatable bonds is 6. The number of piperidine rings is 1. The standard InChI is InChI=1S/C29H33NO5/c31-21-10-9-20-16-23-29(33)13-12-22(34-24(32)11-8-18-4-2-1-3-5-18)27-28(29,25(20)26(21)35-27)14-15-30(23)17-19-6-7-19/h1-5,9-10,19,22-23,27,31,33H,6-8,11-17H2/t22-,23+,27-,28-,29+/m0/s1. The molecule has 1 saturated heterocycles. The molecule has 2 bridgehead atoms. The van der Waals surface area contributed by atoms with Gasteiger partial charge in [0.25, 0.3) is 0 Å². The van der Waals surface area contributed by atoms with Crippen molar-refractivity contribution >= 4 is 5.97 Å². The van der Waals surface area contributed by atoms with E-state index in [2.05, 4.69) is 4.90 Å². The molecule has 6 nitrogen and oxygen atoms in total. The van der Waals surface area contributed by atoms with Crippen molar-refractivity contribution in [3.63, 3.8) is 0 Å². The molecule has 0 unspecified atom stereocenters. The van der Waals surface area contributed by atoms with Crippen molar-refractivity contribution < 1.29 is 24.5 Å². The number of phenols is 1. The maximum absolute atomic E-state index is 12.9. The highest BCUT2D eigenvalue weighted by Gasteiger charge is 2.73. The zero-order valence-corrected chi connectivity index (χ0v) is 20.0. The van der Waals surface area contributed by atoms with E-state index in [0.717, 1.165) is 48.5 Å².